The number of benzene rings is 1. The molecule has 150 valence electrons. The molecule has 27 heavy (non-hydrogen) atoms. The molecule has 0 saturated carbocycles. The Hall–Kier alpha value is -2.24. The summed E-state index contributed by atoms with van der Waals surface area (Å²) in [4.78, 5) is 0. The molecule has 2 nitrogen and oxygen atoms in total. The van der Waals surface area contributed by atoms with Gasteiger partial charge in [-0.2, -0.15) is 8.78 Å². The largest absolute Gasteiger partial charge is 0.491 e. The van der Waals surface area contributed by atoms with Crippen LogP contribution in [0.5, 0.6) is 5.75 Å². The number of halogens is 4. The van der Waals surface area contributed by atoms with Crippen molar-refractivity contribution in [3.63, 3.8) is 0 Å². The Morgan fingerprint density at radius 1 is 1.07 bits per heavy atom. The van der Waals surface area contributed by atoms with Gasteiger partial charge in [0.1, 0.15) is 0 Å². The third kappa shape index (κ3) is 6.77. The van der Waals surface area contributed by atoms with Gasteiger partial charge in [-0.3, -0.25) is 0 Å². The lowest BCUT2D eigenvalue weighted by Crippen LogP contribution is -2.12. The molecule has 0 aromatic heterocycles. The minimum absolute atomic E-state index is 0.00167. The van der Waals surface area contributed by atoms with Gasteiger partial charge in [0.2, 0.25) is 5.82 Å². The van der Waals surface area contributed by atoms with E-state index in [1.54, 1.807) is 13.8 Å². The Labute approximate surface area is 158 Å². The maximum absolute atomic E-state index is 14.2. The van der Waals surface area contributed by atoms with Gasteiger partial charge < -0.3 is 9.47 Å². The van der Waals surface area contributed by atoms with Gasteiger partial charge in [-0.05, 0) is 49.3 Å². The normalized spacial score (nSPS) is 14.2. The fraction of sp³-hybridized carbons (Fsp3) is 0.429. The molecular formula is C21H26F4O2. The summed E-state index contributed by atoms with van der Waals surface area (Å²) in [6, 6.07) is 3.73. The van der Waals surface area contributed by atoms with Gasteiger partial charge in [-0.1, -0.05) is 33.1 Å². The van der Waals surface area contributed by atoms with Crippen LogP contribution < -0.4 is 4.74 Å². The van der Waals surface area contributed by atoms with Crippen LogP contribution in [0.25, 0.3) is 0 Å². The minimum atomic E-state index is -1.15. The quantitative estimate of drug-likeness (QED) is 0.241. The van der Waals surface area contributed by atoms with E-state index in [9.17, 15) is 17.6 Å². The van der Waals surface area contributed by atoms with Crippen LogP contribution in [0.4, 0.5) is 17.6 Å². The molecule has 0 bridgehead atoms. The first kappa shape index (κ1) is 22.8. The molecule has 0 saturated heterocycles. The van der Waals surface area contributed by atoms with Crippen molar-refractivity contribution in [1.29, 1.82) is 0 Å². The molecule has 0 fully saturated rings. The van der Waals surface area contributed by atoms with Crippen LogP contribution in [0.2, 0.25) is 0 Å². The second-order valence-electron chi connectivity index (χ2n) is 6.46. The summed E-state index contributed by atoms with van der Waals surface area (Å²) < 4.78 is 64.9. The summed E-state index contributed by atoms with van der Waals surface area (Å²) in [5, 5.41) is 0. The highest BCUT2D eigenvalue weighted by Gasteiger charge is 2.19. The summed E-state index contributed by atoms with van der Waals surface area (Å²) in [5.41, 5.74) is 0.0256. The van der Waals surface area contributed by atoms with Gasteiger partial charge >= 0.3 is 0 Å². The van der Waals surface area contributed by atoms with Gasteiger partial charge in [0.25, 0.3) is 0 Å². The van der Waals surface area contributed by atoms with Crippen molar-refractivity contribution in [2.75, 3.05) is 13.2 Å². The summed E-state index contributed by atoms with van der Waals surface area (Å²) >= 11 is 0. The molecule has 0 N–H and O–H groups in total. The second-order valence-corrected chi connectivity index (χ2v) is 6.46. The van der Waals surface area contributed by atoms with Crippen molar-refractivity contribution in [3.8, 4) is 5.75 Å². The van der Waals surface area contributed by atoms with Crippen LogP contribution in [0.3, 0.4) is 0 Å². The van der Waals surface area contributed by atoms with E-state index in [-0.39, 0.29) is 42.1 Å². The Balaban J connectivity index is 2.54. The van der Waals surface area contributed by atoms with E-state index in [4.69, 9.17) is 9.47 Å². The number of hydrogen-bond donors (Lipinski definition) is 0. The highest BCUT2D eigenvalue weighted by Crippen LogP contribution is 2.30. The summed E-state index contributed by atoms with van der Waals surface area (Å²) in [6.45, 7) is 12.6. The maximum Gasteiger partial charge on any atom is 0.200 e. The SMILES string of the molecule is C=C(OCC)/C(F)=C(/F)C(=C)C(C)CCC(C)COc1cccc(F)c1F. The number of hydrogen-bond acceptors (Lipinski definition) is 2. The zero-order valence-corrected chi connectivity index (χ0v) is 16.0. The van der Waals surface area contributed by atoms with Crippen LogP contribution in [0.1, 0.15) is 33.6 Å². The molecular weight excluding hydrogens is 360 g/mol. The lowest BCUT2D eigenvalue weighted by Gasteiger charge is -2.18. The number of ether oxygens (including phenoxy) is 2. The smallest absolute Gasteiger partial charge is 0.200 e. The number of rotatable bonds is 11. The summed E-state index contributed by atoms with van der Waals surface area (Å²) in [5.74, 6) is -5.03. The molecule has 2 unspecified atom stereocenters. The molecule has 0 radical (unpaired) electrons. The predicted octanol–water partition coefficient (Wildman–Crippen LogP) is 6.65. The molecule has 0 spiro atoms. The highest BCUT2D eigenvalue weighted by molar-refractivity contribution is 5.33. The fourth-order valence-corrected chi connectivity index (χ4v) is 2.34. The van der Waals surface area contributed by atoms with Gasteiger partial charge in [0.05, 0.1) is 13.2 Å². The van der Waals surface area contributed by atoms with Gasteiger partial charge in [-0.15, -0.1) is 0 Å². The van der Waals surface area contributed by atoms with Gasteiger partial charge in [0, 0.05) is 0 Å². The zero-order valence-electron chi connectivity index (χ0n) is 16.0. The van der Waals surface area contributed by atoms with E-state index in [0.29, 0.717) is 12.8 Å². The molecule has 0 aliphatic rings. The molecule has 1 rings (SSSR count). The Morgan fingerprint density at radius 3 is 2.37 bits per heavy atom. The highest BCUT2D eigenvalue weighted by atomic mass is 19.2. The second kappa shape index (κ2) is 10.8. The van der Waals surface area contributed by atoms with Crippen molar-refractivity contribution in [1.82, 2.24) is 0 Å². The summed E-state index contributed by atoms with van der Waals surface area (Å²) in [7, 11) is 0. The topological polar surface area (TPSA) is 18.5 Å². The van der Waals surface area contributed by atoms with E-state index < -0.39 is 23.3 Å². The van der Waals surface area contributed by atoms with Crippen molar-refractivity contribution in [3.05, 3.63) is 66.0 Å². The maximum atomic E-state index is 14.2. The van der Waals surface area contributed by atoms with E-state index in [1.165, 1.54) is 12.1 Å². The molecule has 0 aliphatic carbocycles. The van der Waals surface area contributed by atoms with Crippen molar-refractivity contribution in [2.45, 2.75) is 33.6 Å². The van der Waals surface area contributed by atoms with E-state index >= 15 is 0 Å². The fourth-order valence-electron chi connectivity index (χ4n) is 2.34. The lowest BCUT2D eigenvalue weighted by molar-refractivity contribution is 0.223. The molecule has 0 amide bonds. The van der Waals surface area contributed by atoms with E-state index in [0.717, 1.165) is 6.07 Å². The third-order valence-corrected chi connectivity index (χ3v) is 4.16. The Morgan fingerprint density at radius 2 is 1.74 bits per heavy atom. The van der Waals surface area contributed by atoms with Crippen LogP contribution in [-0.2, 0) is 4.74 Å². The van der Waals surface area contributed by atoms with Crippen LogP contribution >= 0.6 is 0 Å². The van der Waals surface area contributed by atoms with E-state index in [2.05, 4.69) is 13.2 Å². The van der Waals surface area contributed by atoms with Crippen molar-refractivity contribution < 1.29 is 27.0 Å². The minimum Gasteiger partial charge on any atom is -0.491 e. The Bertz CT molecular complexity index is 697. The van der Waals surface area contributed by atoms with Crippen LogP contribution in [0, 0.1) is 23.5 Å². The zero-order chi connectivity index (χ0) is 20.6. The summed E-state index contributed by atoms with van der Waals surface area (Å²) in [6.07, 6.45) is 1.13. The van der Waals surface area contributed by atoms with Crippen LogP contribution in [-0.4, -0.2) is 13.2 Å². The predicted molar refractivity (Wildman–Crippen MR) is 98.6 cm³/mol. The molecule has 6 heteroatoms. The van der Waals surface area contributed by atoms with Crippen LogP contribution in [0.15, 0.2) is 54.3 Å². The standard InChI is InChI=1S/C21H26F4O2/c1-6-26-16(5)20(24)19(23)15(4)14(3)11-10-13(2)12-27-18-9-7-8-17(22)21(18)25/h7-9,13-14H,4-6,10-12H2,1-3H3/b20-19-. The van der Waals surface area contributed by atoms with Gasteiger partial charge in [-0.25, -0.2) is 8.78 Å². The molecule has 0 aliphatic heterocycles. The lowest BCUT2D eigenvalue weighted by atomic mass is 9.92. The molecule has 0 heterocycles. The van der Waals surface area contributed by atoms with Crippen molar-refractivity contribution >= 4 is 0 Å². The van der Waals surface area contributed by atoms with E-state index in [1.807, 2.05) is 6.92 Å². The number of allylic oxidation sites excluding steroid dienone is 3. The third-order valence-electron chi connectivity index (χ3n) is 4.16. The average molecular weight is 386 g/mol. The first-order valence-electron chi connectivity index (χ1n) is 8.82. The first-order valence-corrected chi connectivity index (χ1v) is 8.82. The van der Waals surface area contributed by atoms with Crippen molar-refractivity contribution in [2.24, 2.45) is 11.8 Å². The van der Waals surface area contributed by atoms with Gasteiger partial charge in [0.15, 0.2) is 29.0 Å². The average Bonchev–Trinajstić information content (AvgIpc) is 2.65. The molecule has 1 aromatic rings. The monoisotopic (exact) mass is 386 g/mol. The first-order chi connectivity index (χ1) is 12.7. The molecule has 2 atom stereocenters. The Kier molecular flexibility index (Phi) is 9.12. The molecule has 1 aromatic carbocycles.